The second kappa shape index (κ2) is 9.55. The SMILES string of the molecule is COc1cc(Cl)cc(CNCCC(C)C)c1OCc1ccccc1. The van der Waals surface area contributed by atoms with Crippen LogP contribution in [0.4, 0.5) is 0 Å². The second-order valence-electron chi connectivity index (χ2n) is 6.23. The van der Waals surface area contributed by atoms with Crippen LogP contribution in [0.15, 0.2) is 42.5 Å². The highest BCUT2D eigenvalue weighted by Crippen LogP contribution is 2.35. The molecule has 0 aliphatic heterocycles. The number of methoxy groups -OCH3 is 1. The lowest BCUT2D eigenvalue weighted by atomic mass is 10.1. The standard InChI is InChI=1S/C20H26ClNO2/c1-15(2)9-10-22-13-17-11-18(21)12-19(23-3)20(17)24-14-16-7-5-4-6-8-16/h4-8,11-12,15,22H,9-10,13-14H2,1-3H3. The molecule has 0 aliphatic rings. The summed E-state index contributed by atoms with van der Waals surface area (Å²) in [5, 5.41) is 4.11. The molecule has 0 saturated heterocycles. The predicted octanol–water partition coefficient (Wildman–Crippen LogP) is 5.06. The van der Waals surface area contributed by atoms with Gasteiger partial charge in [-0.2, -0.15) is 0 Å². The van der Waals surface area contributed by atoms with E-state index in [2.05, 4.69) is 19.2 Å². The van der Waals surface area contributed by atoms with Crippen molar-refractivity contribution in [2.24, 2.45) is 5.92 Å². The molecule has 0 atom stereocenters. The fraction of sp³-hybridized carbons (Fsp3) is 0.400. The van der Waals surface area contributed by atoms with Gasteiger partial charge in [0.2, 0.25) is 0 Å². The third-order valence-corrected chi connectivity index (χ3v) is 3.97. The molecule has 0 saturated carbocycles. The number of benzene rings is 2. The summed E-state index contributed by atoms with van der Waals surface area (Å²) in [4.78, 5) is 0. The first-order valence-corrected chi connectivity index (χ1v) is 8.71. The van der Waals surface area contributed by atoms with Crippen molar-refractivity contribution >= 4 is 11.6 Å². The Morgan fingerprint density at radius 1 is 1.12 bits per heavy atom. The van der Waals surface area contributed by atoms with Gasteiger partial charge in [-0.05, 0) is 30.5 Å². The van der Waals surface area contributed by atoms with Gasteiger partial charge in [-0.1, -0.05) is 55.8 Å². The van der Waals surface area contributed by atoms with E-state index in [4.69, 9.17) is 21.1 Å². The van der Waals surface area contributed by atoms with E-state index < -0.39 is 0 Å². The summed E-state index contributed by atoms with van der Waals surface area (Å²) in [7, 11) is 1.64. The van der Waals surface area contributed by atoms with Crippen molar-refractivity contribution in [2.45, 2.75) is 33.4 Å². The van der Waals surface area contributed by atoms with Crippen molar-refractivity contribution in [1.82, 2.24) is 5.32 Å². The highest BCUT2D eigenvalue weighted by Gasteiger charge is 2.13. The minimum atomic E-state index is 0.498. The molecule has 2 aromatic rings. The van der Waals surface area contributed by atoms with Crippen LogP contribution in [-0.2, 0) is 13.2 Å². The first kappa shape index (κ1) is 18.6. The highest BCUT2D eigenvalue weighted by molar-refractivity contribution is 6.30. The summed E-state index contributed by atoms with van der Waals surface area (Å²) >= 11 is 6.22. The van der Waals surface area contributed by atoms with Gasteiger partial charge < -0.3 is 14.8 Å². The molecule has 4 heteroatoms. The van der Waals surface area contributed by atoms with Gasteiger partial charge >= 0.3 is 0 Å². The molecule has 0 fully saturated rings. The maximum atomic E-state index is 6.22. The van der Waals surface area contributed by atoms with E-state index in [-0.39, 0.29) is 0 Å². The van der Waals surface area contributed by atoms with E-state index in [1.807, 2.05) is 36.4 Å². The Labute approximate surface area is 149 Å². The molecule has 1 N–H and O–H groups in total. The van der Waals surface area contributed by atoms with Crippen LogP contribution in [0.2, 0.25) is 5.02 Å². The largest absolute Gasteiger partial charge is 0.493 e. The van der Waals surface area contributed by atoms with Crippen LogP contribution in [-0.4, -0.2) is 13.7 Å². The van der Waals surface area contributed by atoms with E-state index >= 15 is 0 Å². The van der Waals surface area contributed by atoms with Gasteiger partial charge in [0.25, 0.3) is 0 Å². The van der Waals surface area contributed by atoms with Gasteiger partial charge in [0, 0.05) is 23.2 Å². The Bertz CT molecular complexity index is 629. The average Bonchev–Trinajstić information content (AvgIpc) is 2.58. The van der Waals surface area contributed by atoms with Crippen molar-refractivity contribution in [3.8, 4) is 11.5 Å². The van der Waals surface area contributed by atoms with Crippen molar-refractivity contribution in [3.63, 3.8) is 0 Å². The van der Waals surface area contributed by atoms with E-state index in [1.54, 1.807) is 13.2 Å². The first-order valence-electron chi connectivity index (χ1n) is 8.34. The lowest BCUT2D eigenvalue weighted by Crippen LogP contribution is -2.17. The Hall–Kier alpha value is -1.71. The zero-order valence-corrected chi connectivity index (χ0v) is 15.4. The molecule has 3 nitrogen and oxygen atoms in total. The maximum Gasteiger partial charge on any atom is 0.166 e. The van der Waals surface area contributed by atoms with E-state index in [1.165, 1.54) is 0 Å². The van der Waals surface area contributed by atoms with Gasteiger partial charge in [-0.15, -0.1) is 0 Å². The minimum absolute atomic E-state index is 0.498. The minimum Gasteiger partial charge on any atom is -0.493 e. The number of nitrogens with one attached hydrogen (secondary N) is 1. The smallest absolute Gasteiger partial charge is 0.166 e. The average molecular weight is 348 g/mol. The second-order valence-corrected chi connectivity index (χ2v) is 6.67. The summed E-state index contributed by atoms with van der Waals surface area (Å²) in [6.45, 7) is 6.60. The Morgan fingerprint density at radius 3 is 2.54 bits per heavy atom. The quantitative estimate of drug-likeness (QED) is 0.643. The van der Waals surface area contributed by atoms with Crippen molar-refractivity contribution in [1.29, 1.82) is 0 Å². The first-order chi connectivity index (χ1) is 11.6. The molecule has 0 aromatic heterocycles. The van der Waals surface area contributed by atoms with Gasteiger partial charge in [-0.25, -0.2) is 0 Å². The molecule has 0 spiro atoms. The fourth-order valence-corrected chi connectivity index (χ4v) is 2.64. The zero-order valence-electron chi connectivity index (χ0n) is 14.6. The van der Waals surface area contributed by atoms with Crippen LogP contribution in [0.1, 0.15) is 31.4 Å². The van der Waals surface area contributed by atoms with Crippen LogP contribution in [0.5, 0.6) is 11.5 Å². The van der Waals surface area contributed by atoms with Gasteiger partial charge in [0.05, 0.1) is 7.11 Å². The van der Waals surface area contributed by atoms with Crippen molar-refractivity contribution < 1.29 is 9.47 Å². The van der Waals surface area contributed by atoms with Crippen LogP contribution in [0.25, 0.3) is 0 Å². The Morgan fingerprint density at radius 2 is 1.88 bits per heavy atom. The molecule has 0 aliphatic carbocycles. The number of hydrogen-bond donors (Lipinski definition) is 1. The maximum absolute atomic E-state index is 6.22. The van der Waals surface area contributed by atoms with Gasteiger partial charge in [-0.3, -0.25) is 0 Å². The van der Waals surface area contributed by atoms with Crippen LogP contribution < -0.4 is 14.8 Å². The Balaban J connectivity index is 2.10. The summed E-state index contributed by atoms with van der Waals surface area (Å²) in [6, 6.07) is 13.8. The molecule has 0 bridgehead atoms. The molecular formula is C20H26ClNO2. The summed E-state index contributed by atoms with van der Waals surface area (Å²) in [5.74, 6) is 2.10. The fourth-order valence-electron chi connectivity index (χ4n) is 2.41. The van der Waals surface area contributed by atoms with Gasteiger partial charge in [0.1, 0.15) is 6.61 Å². The van der Waals surface area contributed by atoms with Crippen LogP contribution in [0.3, 0.4) is 0 Å². The molecule has 0 unspecified atom stereocenters. The lowest BCUT2D eigenvalue weighted by Gasteiger charge is -2.17. The van der Waals surface area contributed by atoms with E-state index in [0.29, 0.717) is 29.8 Å². The molecule has 24 heavy (non-hydrogen) atoms. The molecule has 2 rings (SSSR count). The predicted molar refractivity (Wildman–Crippen MR) is 99.9 cm³/mol. The molecule has 130 valence electrons. The molecule has 2 aromatic carbocycles. The molecule has 0 amide bonds. The topological polar surface area (TPSA) is 30.5 Å². The molecular weight excluding hydrogens is 322 g/mol. The number of ether oxygens (including phenoxy) is 2. The zero-order chi connectivity index (χ0) is 17.4. The Kier molecular flexibility index (Phi) is 7.41. The summed E-state index contributed by atoms with van der Waals surface area (Å²) < 4.78 is 11.5. The van der Waals surface area contributed by atoms with Crippen molar-refractivity contribution in [2.75, 3.05) is 13.7 Å². The monoisotopic (exact) mass is 347 g/mol. The number of hydrogen-bond acceptors (Lipinski definition) is 3. The third-order valence-electron chi connectivity index (χ3n) is 3.76. The number of halogens is 1. The van der Waals surface area contributed by atoms with E-state index in [0.717, 1.165) is 29.8 Å². The lowest BCUT2D eigenvalue weighted by molar-refractivity contribution is 0.280. The number of rotatable bonds is 9. The third kappa shape index (κ3) is 5.73. The molecule has 0 heterocycles. The van der Waals surface area contributed by atoms with Gasteiger partial charge in [0.15, 0.2) is 11.5 Å². The summed E-state index contributed by atoms with van der Waals surface area (Å²) in [5.41, 5.74) is 2.13. The van der Waals surface area contributed by atoms with Crippen molar-refractivity contribution in [3.05, 3.63) is 58.6 Å². The van der Waals surface area contributed by atoms with E-state index in [9.17, 15) is 0 Å². The highest BCUT2D eigenvalue weighted by atomic mass is 35.5. The van der Waals surface area contributed by atoms with Crippen LogP contribution >= 0.6 is 11.6 Å². The molecule has 0 radical (unpaired) electrons. The normalized spacial score (nSPS) is 10.9. The summed E-state index contributed by atoms with van der Waals surface area (Å²) in [6.07, 6.45) is 1.14. The van der Waals surface area contributed by atoms with Crippen LogP contribution in [0, 0.1) is 5.92 Å².